The van der Waals surface area contributed by atoms with Gasteiger partial charge in [-0.25, -0.2) is 4.39 Å². The van der Waals surface area contributed by atoms with E-state index in [1.807, 2.05) is 25.1 Å². The van der Waals surface area contributed by atoms with E-state index >= 15 is 0 Å². The van der Waals surface area contributed by atoms with E-state index in [1.165, 1.54) is 6.07 Å². The molecule has 0 saturated carbocycles. The number of benzene rings is 2. The van der Waals surface area contributed by atoms with Crippen molar-refractivity contribution < 1.29 is 9.50 Å². The summed E-state index contributed by atoms with van der Waals surface area (Å²) in [7, 11) is 0. The van der Waals surface area contributed by atoms with Crippen molar-refractivity contribution in [2.75, 3.05) is 6.54 Å². The lowest BCUT2D eigenvalue weighted by Gasteiger charge is -2.15. The van der Waals surface area contributed by atoms with Gasteiger partial charge in [0, 0.05) is 6.04 Å². The van der Waals surface area contributed by atoms with Gasteiger partial charge in [-0.15, -0.1) is 0 Å². The summed E-state index contributed by atoms with van der Waals surface area (Å²) in [5.41, 5.74) is 3.29. The molecule has 20 heavy (non-hydrogen) atoms. The molecule has 0 bridgehead atoms. The van der Waals surface area contributed by atoms with Gasteiger partial charge in [-0.05, 0) is 67.8 Å². The molecule has 2 rings (SSSR count). The lowest BCUT2D eigenvalue weighted by Crippen LogP contribution is -2.21. The second-order valence-corrected chi connectivity index (χ2v) is 5.09. The van der Waals surface area contributed by atoms with Crippen LogP contribution in [0.2, 0.25) is 0 Å². The fourth-order valence-electron chi connectivity index (χ4n) is 2.24. The highest BCUT2D eigenvalue weighted by Gasteiger charge is 2.05. The molecule has 0 saturated heterocycles. The summed E-state index contributed by atoms with van der Waals surface area (Å²) in [6.07, 6.45) is 0.870. The van der Waals surface area contributed by atoms with Crippen molar-refractivity contribution in [2.24, 2.45) is 0 Å². The molecule has 0 aliphatic carbocycles. The molecule has 0 aliphatic heterocycles. The van der Waals surface area contributed by atoms with Crippen LogP contribution in [0.15, 0.2) is 42.5 Å². The number of hydrogen-bond acceptors (Lipinski definition) is 2. The van der Waals surface area contributed by atoms with Crippen molar-refractivity contribution in [1.82, 2.24) is 5.32 Å². The Morgan fingerprint density at radius 2 is 1.85 bits per heavy atom. The smallest absolute Gasteiger partial charge is 0.123 e. The normalized spacial score (nSPS) is 12.3. The molecule has 3 heteroatoms. The quantitative estimate of drug-likeness (QED) is 0.870. The highest BCUT2D eigenvalue weighted by atomic mass is 19.1. The lowest BCUT2D eigenvalue weighted by atomic mass is 10.0. The highest BCUT2D eigenvalue weighted by Crippen LogP contribution is 2.16. The summed E-state index contributed by atoms with van der Waals surface area (Å²) < 4.78 is 13.0. The molecule has 0 aliphatic rings. The molecule has 0 amide bonds. The van der Waals surface area contributed by atoms with Crippen LogP contribution in [0.25, 0.3) is 0 Å². The maximum Gasteiger partial charge on any atom is 0.123 e. The van der Waals surface area contributed by atoms with Crippen LogP contribution in [-0.4, -0.2) is 11.7 Å². The molecule has 2 nitrogen and oxygen atoms in total. The molecular formula is C17H20FNO. The first kappa shape index (κ1) is 14.5. The Morgan fingerprint density at radius 1 is 1.15 bits per heavy atom. The van der Waals surface area contributed by atoms with Gasteiger partial charge in [-0.2, -0.15) is 0 Å². The molecule has 0 radical (unpaired) electrons. The number of halogens is 1. The Morgan fingerprint density at radius 3 is 2.50 bits per heavy atom. The Balaban J connectivity index is 1.87. The molecular weight excluding hydrogens is 253 g/mol. The molecule has 2 aromatic carbocycles. The summed E-state index contributed by atoms with van der Waals surface area (Å²) in [6, 6.07) is 12.3. The first-order valence-electron chi connectivity index (χ1n) is 6.83. The Labute approximate surface area is 119 Å². The van der Waals surface area contributed by atoms with Gasteiger partial charge in [-0.1, -0.05) is 18.2 Å². The van der Waals surface area contributed by atoms with Gasteiger partial charge in [-0.3, -0.25) is 0 Å². The molecule has 0 aromatic heterocycles. The van der Waals surface area contributed by atoms with Crippen LogP contribution in [0.1, 0.15) is 29.7 Å². The molecule has 1 atom stereocenters. The zero-order valence-electron chi connectivity index (χ0n) is 11.9. The molecule has 1 unspecified atom stereocenters. The molecule has 2 aromatic rings. The topological polar surface area (TPSA) is 32.3 Å². The molecule has 0 fully saturated rings. The van der Waals surface area contributed by atoms with E-state index in [0.29, 0.717) is 0 Å². The number of aromatic hydroxyl groups is 1. The van der Waals surface area contributed by atoms with E-state index in [4.69, 9.17) is 0 Å². The second kappa shape index (κ2) is 6.53. The van der Waals surface area contributed by atoms with E-state index in [2.05, 4.69) is 12.2 Å². The van der Waals surface area contributed by atoms with E-state index in [0.717, 1.165) is 29.7 Å². The summed E-state index contributed by atoms with van der Waals surface area (Å²) in [5, 5.41) is 12.7. The maximum atomic E-state index is 13.0. The van der Waals surface area contributed by atoms with Crippen LogP contribution >= 0.6 is 0 Å². The fourth-order valence-corrected chi connectivity index (χ4v) is 2.24. The van der Waals surface area contributed by atoms with Crippen LogP contribution in [0.3, 0.4) is 0 Å². The van der Waals surface area contributed by atoms with Gasteiger partial charge < -0.3 is 10.4 Å². The highest BCUT2D eigenvalue weighted by molar-refractivity contribution is 5.28. The first-order chi connectivity index (χ1) is 9.56. The summed E-state index contributed by atoms with van der Waals surface area (Å²) in [4.78, 5) is 0. The Bertz CT molecular complexity index is 566. The molecule has 106 valence electrons. The maximum absolute atomic E-state index is 13.0. The molecule has 0 spiro atoms. The minimum absolute atomic E-state index is 0.184. The predicted octanol–water partition coefficient (Wildman–Crippen LogP) is 3.73. The van der Waals surface area contributed by atoms with Gasteiger partial charge in [0.25, 0.3) is 0 Å². The minimum Gasteiger partial charge on any atom is -0.508 e. The lowest BCUT2D eigenvalue weighted by molar-refractivity contribution is 0.474. The third-order valence-electron chi connectivity index (χ3n) is 3.54. The third-order valence-corrected chi connectivity index (χ3v) is 3.54. The zero-order chi connectivity index (χ0) is 14.5. The summed E-state index contributed by atoms with van der Waals surface area (Å²) in [5.74, 6) is 0.0968. The first-order valence-corrected chi connectivity index (χ1v) is 6.83. The van der Waals surface area contributed by atoms with E-state index < -0.39 is 0 Å². The number of hydrogen-bond donors (Lipinski definition) is 2. The third kappa shape index (κ3) is 3.81. The number of phenolic OH excluding ortho intramolecular Hbond substituents is 1. The monoisotopic (exact) mass is 273 g/mol. The van der Waals surface area contributed by atoms with E-state index in [1.54, 1.807) is 18.2 Å². The Hall–Kier alpha value is -1.87. The second-order valence-electron chi connectivity index (χ2n) is 5.09. The van der Waals surface area contributed by atoms with Crippen molar-refractivity contribution in [2.45, 2.75) is 26.3 Å². The van der Waals surface area contributed by atoms with Crippen LogP contribution in [0.4, 0.5) is 4.39 Å². The zero-order valence-corrected chi connectivity index (χ0v) is 11.9. The van der Waals surface area contributed by atoms with Crippen LogP contribution in [0, 0.1) is 12.7 Å². The number of phenols is 1. The van der Waals surface area contributed by atoms with E-state index in [9.17, 15) is 9.50 Å². The summed E-state index contributed by atoms with van der Waals surface area (Å²) >= 11 is 0. The van der Waals surface area contributed by atoms with Crippen LogP contribution in [0.5, 0.6) is 5.75 Å². The van der Waals surface area contributed by atoms with Crippen LogP contribution in [-0.2, 0) is 6.42 Å². The molecule has 2 N–H and O–H groups in total. The van der Waals surface area contributed by atoms with Gasteiger partial charge in [0.05, 0.1) is 0 Å². The van der Waals surface area contributed by atoms with Gasteiger partial charge in [0.15, 0.2) is 0 Å². The minimum atomic E-state index is -0.184. The van der Waals surface area contributed by atoms with Crippen molar-refractivity contribution in [1.29, 1.82) is 0 Å². The van der Waals surface area contributed by atoms with Gasteiger partial charge >= 0.3 is 0 Å². The average molecular weight is 273 g/mol. The number of nitrogens with one attached hydrogen (secondary N) is 1. The average Bonchev–Trinajstić information content (AvgIpc) is 2.42. The fraction of sp³-hybridized carbons (Fsp3) is 0.294. The standard InChI is InChI=1S/C17H20FNO/c1-12-11-16(18)6-3-14(12)9-10-19-13(2)15-4-7-17(20)8-5-15/h3-8,11,13,19-20H,9-10H2,1-2H3. The Kier molecular flexibility index (Phi) is 4.74. The van der Waals surface area contributed by atoms with Crippen molar-refractivity contribution in [3.8, 4) is 5.75 Å². The number of rotatable bonds is 5. The van der Waals surface area contributed by atoms with Crippen molar-refractivity contribution >= 4 is 0 Å². The van der Waals surface area contributed by atoms with Gasteiger partial charge in [0.1, 0.15) is 11.6 Å². The van der Waals surface area contributed by atoms with Crippen molar-refractivity contribution in [3.63, 3.8) is 0 Å². The van der Waals surface area contributed by atoms with Crippen molar-refractivity contribution in [3.05, 3.63) is 65.0 Å². The summed E-state index contributed by atoms with van der Waals surface area (Å²) in [6.45, 7) is 4.85. The SMILES string of the molecule is Cc1cc(F)ccc1CCNC(C)c1ccc(O)cc1. The van der Waals surface area contributed by atoms with Gasteiger partial charge in [0.2, 0.25) is 0 Å². The largest absolute Gasteiger partial charge is 0.508 e. The molecule has 0 heterocycles. The van der Waals surface area contributed by atoms with E-state index in [-0.39, 0.29) is 17.6 Å². The predicted molar refractivity (Wildman–Crippen MR) is 79.4 cm³/mol. The van der Waals surface area contributed by atoms with Crippen LogP contribution < -0.4 is 5.32 Å². The number of aryl methyl sites for hydroxylation is 1.